The van der Waals surface area contributed by atoms with Gasteiger partial charge in [0.15, 0.2) is 0 Å². The number of likely N-dealkylation sites (N-methyl/N-ethyl adjacent to an activating group) is 1. The standard InChI is InChI=1S/C18H26N2O5S/c1-12-5-6-16(13(2)11-12)26(24,25)20-9-7-15(8-10-20)17(21)19(4)14(3)18(22)23/h5-6,11,14-15H,7-10H2,1-4H3,(H,22,23). The average Bonchev–Trinajstić information content (AvgIpc) is 2.59. The van der Waals surface area contributed by atoms with Gasteiger partial charge in [0.25, 0.3) is 0 Å². The highest BCUT2D eigenvalue weighted by Gasteiger charge is 2.35. The van der Waals surface area contributed by atoms with Gasteiger partial charge in [0.05, 0.1) is 4.90 Å². The van der Waals surface area contributed by atoms with Crippen LogP contribution in [0.4, 0.5) is 0 Å². The van der Waals surface area contributed by atoms with E-state index in [1.54, 1.807) is 19.1 Å². The number of sulfonamides is 1. The number of rotatable bonds is 5. The van der Waals surface area contributed by atoms with Gasteiger partial charge in [-0.15, -0.1) is 0 Å². The number of hydrogen-bond acceptors (Lipinski definition) is 4. The monoisotopic (exact) mass is 382 g/mol. The van der Waals surface area contributed by atoms with Crippen molar-refractivity contribution in [3.05, 3.63) is 29.3 Å². The molecule has 8 heteroatoms. The highest BCUT2D eigenvalue weighted by Crippen LogP contribution is 2.27. The third-order valence-corrected chi connectivity index (χ3v) is 7.10. The second-order valence-corrected chi connectivity index (χ2v) is 8.82. The second kappa shape index (κ2) is 7.75. The molecule has 0 spiro atoms. The lowest BCUT2D eigenvalue weighted by molar-refractivity contribution is -0.150. The van der Waals surface area contributed by atoms with Crippen LogP contribution in [0.5, 0.6) is 0 Å². The molecule has 26 heavy (non-hydrogen) atoms. The summed E-state index contributed by atoms with van der Waals surface area (Å²) in [7, 11) is -2.12. The van der Waals surface area contributed by atoms with Gasteiger partial charge >= 0.3 is 5.97 Å². The highest BCUT2D eigenvalue weighted by molar-refractivity contribution is 7.89. The maximum Gasteiger partial charge on any atom is 0.326 e. The zero-order chi connectivity index (χ0) is 19.6. The fourth-order valence-corrected chi connectivity index (χ4v) is 4.89. The van der Waals surface area contributed by atoms with Crippen molar-refractivity contribution >= 4 is 21.9 Å². The number of benzene rings is 1. The van der Waals surface area contributed by atoms with Crippen LogP contribution in [0.2, 0.25) is 0 Å². The largest absolute Gasteiger partial charge is 0.480 e. The molecule has 1 aromatic rings. The van der Waals surface area contributed by atoms with E-state index >= 15 is 0 Å². The van der Waals surface area contributed by atoms with Crippen LogP contribution >= 0.6 is 0 Å². The average molecular weight is 382 g/mol. The van der Waals surface area contributed by atoms with Crippen LogP contribution in [0.25, 0.3) is 0 Å². The Bertz CT molecular complexity index is 798. The minimum absolute atomic E-state index is 0.247. The summed E-state index contributed by atoms with van der Waals surface area (Å²) in [4.78, 5) is 25.0. The molecule has 0 saturated carbocycles. The Morgan fingerprint density at radius 3 is 2.31 bits per heavy atom. The van der Waals surface area contributed by atoms with E-state index in [1.807, 2.05) is 13.0 Å². The Labute approximate surface area is 154 Å². The lowest BCUT2D eigenvalue weighted by atomic mass is 9.96. The lowest BCUT2D eigenvalue weighted by Gasteiger charge is -2.33. The van der Waals surface area contributed by atoms with E-state index in [9.17, 15) is 18.0 Å². The van der Waals surface area contributed by atoms with Crippen molar-refractivity contribution in [2.24, 2.45) is 5.92 Å². The zero-order valence-corrected chi connectivity index (χ0v) is 16.4. The molecule has 7 nitrogen and oxygen atoms in total. The Hall–Kier alpha value is -1.93. The fraction of sp³-hybridized carbons (Fsp3) is 0.556. The summed E-state index contributed by atoms with van der Waals surface area (Å²) in [6.45, 7) is 5.65. The van der Waals surface area contributed by atoms with Gasteiger partial charge in [-0.1, -0.05) is 17.7 Å². The molecule has 0 aromatic heterocycles. The summed E-state index contributed by atoms with van der Waals surface area (Å²) in [6.07, 6.45) is 0.777. The van der Waals surface area contributed by atoms with Gasteiger partial charge in [-0.05, 0) is 45.2 Å². The van der Waals surface area contributed by atoms with Crippen molar-refractivity contribution in [3.8, 4) is 0 Å². The molecule has 0 bridgehead atoms. The minimum atomic E-state index is -3.59. The predicted octanol–water partition coefficient (Wildman–Crippen LogP) is 1.64. The van der Waals surface area contributed by atoms with Crippen LogP contribution in [-0.2, 0) is 19.6 Å². The number of carboxylic acid groups (broad SMARTS) is 1. The number of amides is 1. The molecular formula is C18H26N2O5S. The molecule has 144 valence electrons. The van der Waals surface area contributed by atoms with E-state index in [2.05, 4.69) is 0 Å². The number of carbonyl (C=O) groups excluding carboxylic acids is 1. The first kappa shape index (κ1) is 20.4. The van der Waals surface area contributed by atoms with Crippen molar-refractivity contribution in [2.45, 2.75) is 44.6 Å². The quantitative estimate of drug-likeness (QED) is 0.835. The second-order valence-electron chi connectivity index (χ2n) is 6.91. The van der Waals surface area contributed by atoms with E-state index in [0.29, 0.717) is 23.3 Å². The Balaban J connectivity index is 2.08. The SMILES string of the molecule is Cc1ccc(S(=O)(=O)N2CCC(C(=O)N(C)C(C)C(=O)O)CC2)c(C)c1. The number of carboxylic acids is 1. The molecule has 0 aliphatic carbocycles. The highest BCUT2D eigenvalue weighted by atomic mass is 32.2. The van der Waals surface area contributed by atoms with Crippen molar-refractivity contribution in [3.63, 3.8) is 0 Å². The molecule has 1 N–H and O–H groups in total. The van der Waals surface area contributed by atoms with Crippen molar-refractivity contribution in [1.82, 2.24) is 9.21 Å². The molecule has 0 radical (unpaired) electrons. The van der Waals surface area contributed by atoms with Gasteiger partial charge in [-0.3, -0.25) is 4.79 Å². The third-order valence-electron chi connectivity index (χ3n) is 5.04. The molecule has 1 aromatic carbocycles. The van der Waals surface area contributed by atoms with Gasteiger partial charge in [0.1, 0.15) is 6.04 Å². The summed E-state index contributed by atoms with van der Waals surface area (Å²) in [6, 6.07) is 4.34. The van der Waals surface area contributed by atoms with Crippen LogP contribution in [-0.4, -0.2) is 60.8 Å². The number of hydrogen-bond donors (Lipinski definition) is 1. The minimum Gasteiger partial charge on any atom is -0.480 e. The fourth-order valence-electron chi connectivity index (χ4n) is 3.22. The van der Waals surface area contributed by atoms with E-state index in [-0.39, 0.29) is 24.9 Å². The van der Waals surface area contributed by atoms with Crippen molar-refractivity contribution < 1.29 is 23.1 Å². The first-order chi connectivity index (χ1) is 12.1. The molecule has 1 unspecified atom stereocenters. The van der Waals surface area contributed by atoms with Gasteiger partial charge in [0, 0.05) is 26.1 Å². The van der Waals surface area contributed by atoms with Gasteiger partial charge < -0.3 is 10.0 Å². The van der Waals surface area contributed by atoms with Crippen molar-refractivity contribution in [2.75, 3.05) is 20.1 Å². The third kappa shape index (κ3) is 4.07. The van der Waals surface area contributed by atoms with Gasteiger partial charge in [-0.25, -0.2) is 13.2 Å². The number of aryl methyl sites for hydroxylation is 2. The Morgan fingerprint density at radius 2 is 1.81 bits per heavy atom. The molecule has 1 atom stereocenters. The van der Waals surface area contributed by atoms with E-state index in [4.69, 9.17) is 5.11 Å². The molecular weight excluding hydrogens is 356 g/mol. The van der Waals surface area contributed by atoms with Crippen LogP contribution in [0.15, 0.2) is 23.1 Å². The molecule has 1 amide bonds. The molecule has 2 rings (SSSR count). The smallest absolute Gasteiger partial charge is 0.326 e. The number of carbonyl (C=O) groups is 2. The predicted molar refractivity (Wildman–Crippen MR) is 97.3 cm³/mol. The normalized spacial score (nSPS) is 17.7. The number of aliphatic carboxylic acids is 1. The van der Waals surface area contributed by atoms with Crippen molar-refractivity contribution in [1.29, 1.82) is 0 Å². The van der Waals surface area contributed by atoms with Crippen LogP contribution < -0.4 is 0 Å². The van der Waals surface area contributed by atoms with E-state index in [0.717, 1.165) is 5.56 Å². The van der Waals surface area contributed by atoms with E-state index in [1.165, 1.54) is 23.2 Å². The Morgan fingerprint density at radius 1 is 1.23 bits per heavy atom. The molecule has 1 saturated heterocycles. The zero-order valence-electron chi connectivity index (χ0n) is 15.6. The molecule has 1 heterocycles. The van der Waals surface area contributed by atoms with Gasteiger partial charge in [0.2, 0.25) is 15.9 Å². The summed E-state index contributed by atoms with van der Waals surface area (Å²) >= 11 is 0. The first-order valence-electron chi connectivity index (χ1n) is 8.62. The molecule has 1 fully saturated rings. The molecule has 1 aliphatic heterocycles. The van der Waals surface area contributed by atoms with Crippen LogP contribution in [0.1, 0.15) is 30.9 Å². The maximum absolute atomic E-state index is 12.9. The topological polar surface area (TPSA) is 95.0 Å². The summed E-state index contributed by atoms with van der Waals surface area (Å²) in [5, 5.41) is 9.04. The maximum atomic E-state index is 12.9. The van der Waals surface area contributed by atoms with Crippen LogP contribution in [0, 0.1) is 19.8 Å². The lowest BCUT2D eigenvalue weighted by Crippen LogP contribution is -2.47. The molecule has 1 aliphatic rings. The number of nitrogens with zero attached hydrogens (tertiary/aromatic N) is 2. The van der Waals surface area contributed by atoms with Gasteiger partial charge in [-0.2, -0.15) is 4.31 Å². The summed E-state index contributed by atoms with van der Waals surface area (Å²) in [5.74, 6) is -1.66. The van der Waals surface area contributed by atoms with E-state index < -0.39 is 22.0 Å². The Kier molecular flexibility index (Phi) is 6.08. The first-order valence-corrected chi connectivity index (χ1v) is 10.1. The summed E-state index contributed by atoms with van der Waals surface area (Å²) < 4.78 is 27.2. The van der Waals surface area contributed by atoms with Crippen LogP contribution in [0.3, 0.4) is 0 Å². The summed E-state index contributed by atoms with van der Waals surface area (Å²) in [5.41, 5.74) is 1.71. The number of piperidine rings is 1.